The molecule has 14 heavy (non-hydrogen) atoms. The fraction of sp³-hybridized carbons (Fsp3) is 0.429. The molecule has 78 valence electrons. The van der Waals surface area contributed by atoms with Crippen LogP contribution in [0.2, 0.25) is 0 Å². The Hall–Kier alpha value is -1.53. The van der Waals surface area contributed by atoms with Crippen molar-refractivity contribution in [3.05, 3.63) is 18.2 Å². The third-order valence-electron chi connectivity index (χ3n) is 1.69. The van der Waals surface area contributed by atoms with Crippen LogP contribution in [0.1, 0.15) is 5.82 Å². The van der Waals surface area contributed by atoms with E-state index in [9.17, 15) is 13.2 Å². The first-order valence-electron chi connectivity index (χ1n) is 3.69. The van der Waals surface area contributed by atoms with Gasteiger partial charge in [-0.1, -0.05) is 5.16 Å². The predicted molar refractivity (Wildman–Crippen MR) is 42.2 cm³/mol. The van der Waals surface area contributed by atoms with Gasteiger partial charge >= 0.3 is 6.18 Å². The summed E-state index contributed by atoms with van der Waals surface area (Å²) in [7, 11) is 1.56. The SMILES string of the molecule is Cn1ccnc1CC(=NO)C(F)(F)F. The van der Waals surface area contributed by atoms with Crippen molar-refractivity contribution < 1.29 is 18.4 Å². The lowest BCUT2D eigenvalue weighted by Gasteiger charge is -2.07. The van der Waals surface area contributed by atoms with Gasteiger partial charge in [-0.15, -0.1) is 0 Å². The fourth-order valence-corrected chi connectivity index (χ4v) is 0.909. The van der Waals surface area contributed by atoms with E-state index < -0.39 is 18.3 Å². The summed E-state index contributed by atoms with van der Waals surface area (Å²) in [6.45, 7) is 0. The zero-order chi connectivity index (χ0) is 10.8. The maximum absolute atomic E-state index is 12.1. The van der Waals surface area contributed by atoms with Crippen LogP contribution in [0.4, 0.5) is 13.2 Å². The Morgan fingerprint density at radius 2 is 2.29 bits per heavy atom. The molecule has 0 spiro atoms. The minimum absolute atomic E-state index is 0.190. The second kappa shape index (κ2) is 3.69. The number of aryl methyl sites for hydroxylation is 1. The molecule has 7 heteroatoms. The monoisotopic (exact) mass is 207 g/mol. The largest absolute Gasteiger partial charge is 0.433 e. The number of halogens is 3. The van der Waals surface area contributed by atoms with Crippen molar-refractivity contribution in [3.8, 4) is 0 Å². The third kappa shape index (κ3) is 2.24. The van der Waals surface area contributed by atoms with Gasteiger partial charge in [0.25, 0.3) is 0 Å². The molecule has 0 aliphatic heterocycles. The second-order valence-corrected chi connectivity index (χ2v) is 2.68. The van der Waals surface area contributed by atoms with Crippen LogP contribution in [0.25, 0.3) is 0 Å². The Kier molecular flexibility index (Phi) is 2.78. The lowest BCUT2D eigenvalue weighted by Crippen LogP contribution is -2.26. The summed E-state index contributed by atoms with van der Waals surface area (Å²) >= 11 is 0. The van der Waals surface area contributed by atoms with Gasteiger partial charge in [-0.25, -0.2) is 4.98 Å². The molecule has 0 aliphatic rings. The highest BCUT2D eigenvalue weighted by Crippen LogP contribution is 2.19. The van der Waals surface area contributed by atoms with E-state index in [1.165, 1.54) is 17.0 Å². The summed E-state index contributed by atoms with van der Waals surface area (Å²) in [6.07, 6.45) is -2.27. The summed E-state index contributed by atoms with van der Waals surface area (Å²) in [6, 6.07) is 0. The third-order valence-corrected chi connectivity index (χ3v) is 1.69. The van der Waals surface area contributed by atoms with Crippen LogP contribution in [0.3, 0.4) is 0 Å². The average molecular weight is 207 g/mol. The molecule has 0 saturated heterocycles. The van der Waals surface area contributed by atoms with Crippen LogP contribution >= 0.6 is 0 Å². The molecule has 0 radical (unpaired) electrons. The molecule has 0 amide bonds. The number of rotatable bonds is 2. The van der Waals surface area contributed by atoms with E-state index in [0.29, 0.717) is 0 Å². The Balaban J connectivity index is 2.83. The van der Waals surface area contributed by atoms with E-state index >= 15 is 0 Å². The van der Waals surface area contributed by atoms with Gasteiger partial charge in [0.15, 0.2) is 5.71 Å². The summed E-state index contributed by atoms with van der Waals surface area (Å²) in [5, 5.41) is 10.4. The molecule has 0 aromatic carbocycles. The Labute approximate surface area is 77.7 Å². The number of hydrogen-bond donors (Lipinski definition) is 1. The molecule has 0 saturated carbocycles. The average Bonchev–Trinajstić information content (AvgIpc) is 2.45. The number of oxime groups is 1. The van der Waals surface area contributed by atoms with Crippen LogP contribution in [0.15, 0.2) is 17.5 Å². The quantitative estimate of drug-likeness (QED) is 0.452. The van der Waals surface area contributed by atoms with Crippen molar-refractivity contribution >= 4 is 5.71 Å². The first-order valence-corrected chi connectivity index (χ1v) is 3.69. The second-order valence-electron chi connectivity index (χ2n) is 2.68. The minimum atomic E-state index is -4.62. The molecule has 1 rings (SSSR count). The number of alkyl halides is 3. The number of hydrogen-bond acceptors (Lipinski definition) is 3. The molecule has 1 aromatic rings. The first kappa shape index (κ1) is 10.6. The Morgan fingerprint density at radius 3 is 2.64 bits per heavy atom. The van der Waals surface area contributed by atoms with E-state index in [4.69, 9.17) is 5.21 Å². The predicted octanol–water partition coefficient (Wildman–Crippen LogP) is 1.36. The zero-order valence-corrected chi connectivity index (χ0v) is 7.28. The fourth-order valence-electron chi connectivity index (χ4n) is 0.909. The molecular weight excluding hydrogens is 199 g/mol. The molecular formula is C7H8F3N3O. The first-order chi connectivity index (χ1) is 6.45. The normalized spacial score (nSPS) is 13.3. The van der Waals surface area contributed by atoms with Crippen LogP contribution in [-0.4, -0.2) is 26.6 Å². The Bertz CT molecular complexity index is 342. The highest BCUT2D eigenvalue weighted by molar-refractivity contribution is 5.90. The number of aromatic nitrogens is 2. The van der Waals surface area contributed by atoms with Crippen LogP contribution in [0.5, 0.6) is 0 Å². The maximum atomic E-state index is 12.1. The molecule has 0 aliphatic carbocycles. The summed E-state index contributed by atoms with van der Waals surface area (Å²) in [5.41, 5.74) is -1.26. The molecule has 0 fully saturated rings. The van der Waals surface area contributed by atoms with E-state index in [0.717, 1.165) is 0 Å². The standard InChI is InChI=1S/C7H8F3N3O/c1-13-3-2-11-6(13)4-5(12-14)7(8,9)10/h2-3,14H,4H2,1H3. The molecule has 0 unspecified atom stereocenters. The van der Waals surface area contributed by atoms with E-state index in [-0.39, 0.29) is 5.82 Å². The van der Waals surface area contributed by atoms with Crippen molar-refractivity contribution in [1.29, 1.82) is 0 Å². The van der Waals surface area contributed by atoms with Gasteiger partial charge in [-0.3, -0.25) is 0 Å². The highest BCUT2D eigenvalue weighted by Gasteiger charge is 2.36. The summed E-state index contributed by atoms with van der Waals surface area (Å²) in [4.78, 5) is 3.69. The lowest BCUT2D eigenvalue weighted by molar-refractivity contribution is -0.0623. The van der Waals surface area contributed by atoms with Gasteiger partial charge < -0.3 is 9.77 Å². The van der Waals surface area contributed by atoms with Gasteiger partial charge in [-0.2, -0.15) is 13.2 Å². The van der Waals surface area contributed by atoms with Crippen LogP contribution in [0, 0.1) is 0 Å². The molecule has 0 atom stereocenters. The van der Waals surface area contributed by atoms with E-state index in [1.807, 2.05) is 0 Å². The summed E-state index contributed by atoms with van der Waals surface area (Å²) in [5.74, 6) is 0.190. The lowest BCUT2D eigenvalue weighted by atomic mass is 10.2. The number of nitrogens with zero attached hydrogens (tertiary/aromatic N) is 3. The zero-order valence-electron chi connectivity index (χ0n) is 7.28. The Morgan fingerprint density at radius 1 is 1.64 bits per heavy atom. The van der Waals surface area contributed by atoms with Crippen LogP contribution < -0.4 is 0 Å². The highest BCUT2D eigenvalue weighted by atomic mass is 19.4. The minimum Gasteiger partial charge on any atom is -0.411 e. The molecule has 1 N–H and O–H groups in total. The van der Waals surface area contributed by atoms with Gasteiger partial charge in [-0.05, 0) is 0 Å². The number of imidazole rings is 1. The van der Waals surface area contributed by atoms with Crippen molar-refractivity contribution in [2.45, 2.75) is 12.6 Å². The van der Waals surface area contributed by atoms with Crippen molar-refractivity contribution in [1.82, 2.24) is 9.55 Å². The van der Waals surface area contributed by atoms with E-state index in [2.05, 4.69) is 10.1 Å². The van der Waals surface area contributed by atoms with Gasteiger partial charge in [0.1, 0.15) is 5.82 Å². The topological polar surface area (TPSA) is 50.4 Å². The van der Waals surface area contributed by atoms with Gasteiger partial charge in [0, 0.05) is 19.4 Å². The van der Waals surface area contributed by atoms with Crippen molar-refractivity contribution in [3.63, 3.8) is 0 Å². The van der Waals surface area contributed by atoms with Crippen molar-refractivity contribution in [2.24, 2.45) is 12.2 Å². The molecule has 0 bridgehead atoms. The summed E-state index contributed by atoms with van der Waals surface area (Å²) < 4.78 is 37.8. The molecule has 4 nitrogen and oxygen atoms in total. The smallest absolute Gasteiger partial charge is 0.411 e. The molecule has 1 aromatic heterocycles. The van der Waals surface area contributed by atoms with Crippen molar-refractivity contribution in [2.75, 3.05) is 0 Å². The van der Waals surface area contributed by atoms with Gasteiger partial charge in [0.2, 0.25) is 0 Å². The van der Waals surface area contributed by atoms with E-state index in [1.54, 1.807) is 7.05 Å². The molecule has 1 heterocycles. The van der Waals surface area contributed by atoms with Crippen LogP contribution in [-0.2, 0) is 13.5 Å². The maximum Gasteiger partial charge on any atom is 0.433 e. The van der Waals surface area contributed by atoms with Gasteiger partial charge in [0.05, 0.1) is 6.42 Å².